The number of rotatable bonds is 4. The van der Waals surface area contributed by atoms with E-state index in [1.165, 1.54) is 0 Å². The third kappa shape index (κ3) is 8.62. The lowest BCUT2D eigenvalue weighted by molar-refractivity contribution is -0.149. The number of nitrogens with zero attached hydrogens (tertiary/aromatic N) is 3. The first kappa shape index (κ1) is 29.8. The summed E-state index contributed by atoms with van der Waals surface area (Å²) in [6.07, 6.45) is 7.31. The minimum atomic E-state index is -0.405. The molecular formula is C31H47N3O4. The number of amides is 1. The SMILES string of the molecule is C/C(=C\c1cccc(N(C)C)c1)[C@H]1OC(=O)C[C@H](C)CC[C@H](C)[C@@H](OC(=O)N2CCN(C)CC2)/C=C/[C@@H]1C. The molecule has 0 radical (unpaired) electrons. The van der Waals surface area contributed by atoms with Crippen LogP contribution in [0, 0.1) is 17.8 Å². The van der Waals surface area contributed by atoms with Crippen LogP contribution in [0.3, 0.4) is 0 Å². The molecule has 2 heterocycles. The van der Waals surface area contributed by atoms with Gasteiger partial charge in [0, 0.05) is 58.3 Å². The zero-order valence-corrected chi connectivity index (χ0v) is 24.4. The summed E-state index contributed by atoms with van der Waals surface area (Å²) in [5.74, 6) is 0.0961. The van der Waals surface area contributed by atoms with E-state index in [9.17, 15) is 9.59 Å². The predicted molar refractivity (Wildman–Crippen MR) is 154 cm³/mol. The fraction of sp³-hybridized carbons (Fsp3) is 0.613. The Balaban J connectivity index is 1.84. The van der Waals surface area contributed by atoms with Gasteiger partial charge in [-0.1, -0.05) is 45.1 Å². The van der Waals surface area contributed by atoms with Crippen LogP contribution >= 0.6 is 0 Å². The number of carbonyl (C=O) groups excluding carboxylic acids is 2. The molecule has 7 heteroatoms. The minimum absolute atomic E-state index is 0.0843. The van der Waals surface area contributed by atoms with Crippen LogP contribution in [0.2, 0.25) is 0 Å². The summed E-state index contributed by atoms with van der Waals surface area (Å²) in [4.78, 5) is 32.0. The molecule has 210 valence electrons. The van der Waals surface area contributed by atoms with Crippen LogP contribution in [0.25, 0.3) is 6.08 Å². The van der Waals surface area contributed by atoms with Gasteiger partial charge in [-0.15, -0.1) is 0 Å². The van der Waals surface area contributed by atoms with Crippen LogP contribution in [0.5, 0.6) is 0 Å². The van der Waals surface area contributed by atoms with E-state index >= 15 is 0 Å². The molecule has 0 aliphatic carbocycles. The third-order valence-electron chi connectivity index (χ3n) is 7.76. The second-order valence-electron chi connectivity index (χ2n) is 11.5. The van der Waals surface area contributed by atoms with Gasteiger partial charge in [0.2, 0.25) is 0 Å². The van der Waals surface area contributed by atoms with E-state index in [0.29, 0.717) is 19.5 Å². The van der Waals surface area contributed by atoms with E-state index in [1.807, 2.05) is 38.1 Å². The number of carbonyl (C=O) groups is 2. The molecule has 7 nitrogen and oxygen atoms in total. The highest BCUT2D eigenvalue weighted by Crippen LogP contribution is 2.27. The monoisotopic (exact) mass is 525 g/mol. The maximum Gasteiger partial charge on any atom is 0.410 e. The Hall–Kier alpha value is -2.80. The average Bonchev–Trinajstić information content (AvgIpc) is 2.87. The number of hydrogen-bond donors (Lipinski definition) is 0. The summed E-state index contributed by atoms with van der Waals surface area (Å²) in [6.45, 7) is 11.4. The summed E-state index contributed by atoms with van der Waals surface area (Å²) in [5, 5.41) is 0. The Morgan fingerprint density at radius 3 is 2.47 bits per heavy atom. The molecule has 0 aromatic heterocycles. The van der Waals surface area contributed by atoms with Crippen molar-refractivity contribution in [1.29, 1.82) is 0 Å². The molecule has 0 spiro atoms. The summed E-state index contributed by atoms with van der Waals surface area (Å²) >= 11 is 0. The van der Waals surface area contributed by atoms with Crippen molar-refractivity contribution in [2.24, 2.45) is 17.8 Å². The van der Waals surface area contributed by atoms with Crippen LogP contribution in [0.4, 0.5) is 10.5 Å². The van der Waals surface area contributed by atoms with Crippen LogP contribution in [0.1, 0.15) is 52.5 Å². The maximum atomic E-state index is 13.0. The molecule has 1 fully saturated rings. The molecule has 2 aliphatic rings. The van der Waals surface area contributed by atoms with Crippen molar-refractivity contribution in [2.45, 2.75) is 59.2 Å². The third-order valence-corrected chi connectivity index (χ3v) is 7.76. The molecule has 0 saturated carbocycles. The van der Waals surface area contributed by atoms with Gasteiger partial charge in [0.05, 0.1) is 0 Å². The molecule has 2 aliphatic heterocycles. The van der Waals surface area contributed by atoms with Crippen LogP contribution in [0.15, 0.2) is 42.0 Å². The smallest absolute Gasteiger partial charge is 0.410 e. The molecule has 0 bridgehead atoms. The Bertz CT molecular complexity index is 997. The van der Waals surface area contributed by atoms with Gasteiger partial charge in [0.15, 0.2) is 0 Å². The normalized spacial score (nSPS) is 29.0. The van der Waals surface area contributed by atoms with E-state index in [0.717, 1.165) is 42.8 Å². The number of likely N-dealkylation sites (N-methyl/N-ethyl adjacent to an activating group) is 1. The van der Waals surface area contributed by atoms with Crippen molar-refractivity contribution in [1.82, 2.24) is 9.80 Å². The second-order valence-corrected chi connectivity index (χ2v) is 11.5. The van der Waals surface area contributed by atoms with E-state index in [4.69, 9.17) is 9.47 Å². The van der Waals surface area contributed by atoms with Crippen LogP contribution < -0.4 is 4.90 Å². The van der Waals surface area contributed by atoms with Gasteiger partial charge in [-0.25, -0.2) is 4.79 Å². The quantitative estimate of drug-likeness (QED) is 0.384. The van der Waals surface area contributed by atoms with Gasteiger partial charge in [-0.2, -0.15) is 0 Å². The number of hydrogen-bond acceptors (Lipinski definition) is 6. The van der Waals surface area contributed by atoms with E-state index in [1.54, 1.807) is 0 Å². The zero-order chi connectivity index (χ0) is 27.8. The summed E-state index contributed by atoms with van der Waals surface area (Å²) in [7, 11) is 6.11. The van der Waals surface area contributed by atoms with Crippen LogP contribution in [-0.4, -0.2) is 81.4 Å². The van der Waals surface area contributed by atoms with Gasteiger partial charge in [-0.05, 0) is 68.0 Å². The zero-order valence-electron chi connectivity index (χ0n) is 24.4. The predicted octanol–water partition coefficient (Wildman–Crippen LogP) is 5.47. The molecule has 38 heavy (non-hydrogen) atoms. The molecule has 0 unspecified atom stereocenters. The fourth-order valence-electron chi connectivity index (χ4n) is 5.05. The van der Waals surface area contributed by atoms with Crippen molar-refractivity contribution in [2.75, 3.05) is 52.2 Å². The van der Waals surface area contributed by atoms with Gasteiger partial charge >= 0.3 is 12.1 Å². The van der Waals surface area contributed by atoms with Gasteiger partial charge in [0.25, 0.3) is 0 Å². The van der Waals surface area contributed by atoms with E-state index < -0.39 is 6.10 Å². The first-order valence-corrected chi connectivity index (χ1v) is 14.0. The van der Waals surface area contributed by atoms with Gasteiger partial charge < -0.3 is 24.2 Å². The Morgan fingerprint density at radius 1 is 1.08 bits per heavy atom. The number of piperazine rings is 1. The van der Waals surface area contributed by atoms with Crippen molar-refractivity contribution < 1.29 is 19.1 Å². The van der Waals surface area contributed by atoms with Crippen LogP contribution in [-0.2, 0) is 14.3 Å². The minimum Gasteiger partial charge on any atom is -0.457 e. The van der Waals surface area contributed by atoms with Crippen molar-refractivity contribution in [3.63, 3.8) is 0 Å². The number of ether oxygens (including phenoxy) is 2. The van der Waals surface area contributed by atoms with E-state index in [-0.39, 0.29) is 35.9 Å². The standard InChI is InChI=1S/C31H47N3O4/c1-22-11-12-23(2)28(37-31(36)34-17-15-33(7)16-18-34)14-13-24(3)30(38-29(35)19-22)25(4)20-26-9-8-10-27(21-26)32(5)6/h8-10,13-14,20-24,28,30H,11-12,15-19H2,1-7H3/b14-13+,25-20+/t22-,23+,24+,28+,30+/m1/s1. The largest absolute Gasteiger partial charge is 0.457 e. The lowest BCUT2D eigenvalue weighted by atomic mass is 9.89. The highest BCUT2D eigenvalue weighted by molar-refractivity contribution is 5.71. The highest BCUT2D eigenvalue weighted by atomic mass is 16.6. The first-order chi connectivity index (χ1) is 18.0. The van der Waals surface area contributed by atoms with Gasteiger partial charge in [0.1, 0.15) is 12.2 Å². The number of esters is 1. The molecule has 1 aromatic carbocycles. The Labute approximate surface area is 229 Å². The number of anilines is 1. The summed E-state index contributed by atoms with van der Waals surface area (Å²) in [6, 6.07) is 8.29. The van der Waals surface area contributed by atoms with E-state index in [2.05, 4.69) is 68.0 Å². The summed E-state index contributed by atoms with van der Waals surface area (Å²) < 4.78 is 12.1. The highest BCUT2D eigenvalue weighted by Gasteiger charge is 2.28. The molecular weight excluding hydrogens is 478 g/mol. The maximum absolute atomic E-state index is 13.0. The lowest BCUT2D eigenvalue weighted by Gasteiger charge is -2.33. The Morgan fingerprint density at radius 2 is 1.79 bits per heavy atom. The fourth-order valence-corrected chi connectivity index (χ4v) is 5.05. The van der Waals surface area contributed by atoms with Crippen molar-refractivity contribution >= 4 is 23.8 Å². The molecule has 1 saturated heterocycles. The second kappa shape index (κ2) is 13.8. The number of cyclic esters (lactones) is 1. The molecule has 5 atom stereocenters. The molecule has 0 N–H and O–H groups in total. The first-order valence-electron chi connectivity index (χ1n) is 14.0. The van der Waals surface area contributed by atoms with Crippen molar-refractivity contribution in [3.8, 4) is 0 Å². The van der Waals surface area contributed by atoms with Crippen molar-refractivity contribution in [3.05, 3.63) is 47.6 Å². The summed E-state index contributed by atoms with van der Waals surface area (Å²) in [5.41, 5.74) is 3.16. The Kier molecular flexibility index (Phi) is 10.8. The topological polar surface area (TPSA) is 62.3 Å². The molecule has 1 amide bonds. The lowest BCUT2D eigenvalue weighted by Crippen LogP contribution is -2.48. The average molecular weight is 526 g/mol. The molecule has 1 aromatic rings. The molecule has 3 rings (SSSR count). The number of benzene rings is 1. The van der Waals surface area contributed by atoms with Gasteiger partial charge in [-0.3, -0.25) is 4.79 Å².